The van der Waals surface area contributed by atoms with Gasteiger partial charge < -0.3 is 33.9 Å². The molecule has 0 aromatic rings. The van der Waals surface area contributed by atoms with Gasteiger partial charge in [0, 0.05) is 0 Å². The first-order valence-electron chi connectivity index (χ1n) is 11.9. The lowest BCUT2D eigenvalue weighted by Gasteiger charge is -2.03. The number of aliphatic hydroxyl groups is 1. The summed E-state index contributed by atoms with van der Waals surface area (Å²) < 4.78 is 21.9. The van der Waals surface area contributed by atoms with Crippen LogP contribution in [0.5, 0.6) is 0 Å². The molecule has 232 valence electrons. The van der Waals surface area contributed by atoms with E-state index in [1.54, 1.807) is 0 Å². The summed E-state index contributed by atoms with van der Waals surface area (Å²) in [6.45, 7) is -0.627. The Labute approximate surface area is 247 Å². The molecule has 1 rings (SSSR count). The number of cyclic esters (lactones) is 2. The van der Waals surface area contributed by atoms with E-state index in [9.17, 15) is 38.4 Å². The van der Waals surface area contributed by atoms with Crippen molar-refractivity contribution in [3.05, 3.63) is 0 Å². The van der Waals surface area contributed by atoms with Crippen molar-refractivity contribution in [3.8, 4) is 49.4 Å². The SMILES string of the molecule is C#CCO.C#CCOC(=O)CCC(=O)O.C#CCOC(=O)CCC(=O)OC(=O)CCC(=O)OCC#C.O=C1CCC(=O)O1. The Morgan fingerprint density at radius 3 is 1.14 bits per heavy atom. The summed E-state index contributed by atoms with van der Waals surface area (Å²) in [4.78, 5) is 84.9. The van der Waals surface area contributed by atoms with Crippen LogP contribution in [0.2, 0.25) is 0 Å². The highest BCUT2D eigenvalue weighted by atomic mass is 16.6. The molecule has 15 heteroatoms. The number of carbonyl (C=O) groups excluding carboxylic acids is 7. The second-order valence-electron chi connectivity index (χ2n) is 7.04. The number of carboxylic acid groups (broad SMARTS) is 1. The molecule has 1 aliphatic rings. The molecule has 1 fully saturated rings. The highest BCUT2D eigenvalue weighted by Crippen LogP contribution is 2.04. The maximum absolute atomic E-state index is 11.2. The third-order valence-electron chi connectivity index (χ3n) is 3.64. The van der Waals surface area contributed by atoms with E-state index in [4.69, 9.17) is 29.5 Å². The number of hydrogen-bond donors (Lipinski definition) is 2. The predicted molar refractivity (Wildman–Crippen MR) is 142 cm³/mol. The molecule has 0 spiro atoms. The molecule has 0 amide bonds. The van der Waals surface area contributed by atoms with Gasteiger partial charge >= 0.3 is 47.8 Å². The van der Waals surface area contributed by atoms with Crippen LogP contribution in [0.3, 0.4) is 0 Å². The van der Waals surface area contributed by atoms with Gasteiger partial charge in [-0.15, -0.1) is 25.7 Å². The normalized spacial score (nSPS) is 10.2. The highest BCUT2D eigenvalue weighted by Gasteiger charge is 2.19. The third kappa shape index (κ3) is 34.3. The Balaban J connectivity index is -0.000000597. The van der Waals surface area contributed by atoms with Crippen molar-refractivity contribution in [1.82, 2.24) is 0 Å². The van der Waals surface area contributed by atoms with Crippen LogP contribution in [0.25, 0.3) is 0 Å². The fourth-order valence-corrected chi connectivity index (χ4v) is 1.86. The van der Waals surface area contributed by atoms with E-state index in [0.717, 1.165) is 0 Å². The molecule has 15 nitrogen and oxygen atoms in total. The smallest absolute Gasteiger partial charge is 0.314 e. The van der Waals surface area contributed by atoms with Crippen molar-refractivity contribution >= 4 is 47.8 Å². The summed E-state index contributed by atoms with van der Waals surface area (Å²) >= 11 is 0. The zero-order valence-corrected chi connectivity index (χ0v) is 23.0. The minimum atomic E-state index is -1.03. The van der Waals surface area contributed by atoms with Crippen LogP contribution < -0.4 is 0 Å². The Morgan fingerprint density at radius 1 is 0.605 bits per heavy atom. The number of terminal acetylenes is 4. The summed E-state index contributed by atoms with van der Waals surface area (Å²) in [6.07, 6.45) is 18.1. The van der Waals surface area contributed by atoms with E-state index < -0.39 is 47.8 Å². The Hall–Kier alpha value is -5.64. The number of ether oxygens (including phenoxy) is 5. The van der Waals surface area contributed by atoms with Crippen molar-refractivity contribution < 1.29 is 72.3 Å². The van der Waals surface area contributed by atoms with Gasteiger partial charge in [0.2, 0.25) is 0 Å². The van der Waals surface area contributed by atoms with E-state index in [-0.39, 0.29) is 77.8 Å². The average molecular weight is 607 g/mol. The number of hydrogen-bond acceptors (Lipinski definition) is 14. The molecule has 0 aromatic carbocycles. The van der Waals surface area contributed by atoms with Gasteiger partial charge in [-0.3, -0.25) is 38.4 Å². The summed E-state index contributed by atoms with van der Waals surface area (Å²) in [7, 11) is 0. The van der Waals surface area contributed by atoms with Gasteiger partial charge in [0.25, 0.3) is 0 Å². The van der Waals surface area contributed by atoms with Crippen molar-refractivity contribution in [2.45, 2.75) is 51.4 Å². The summed E-state index contributed by atoms with van der Waals surface area (Å²) in [5.74, 6) is 2.73. The van der Waals surface area contributed by atoms with Gasteiger partial charge in [-0.1, -0.05) is 23.7 Å². The standard InChI is InChI=1S/C14H14O7.C7H8O4.C4H4O3.C3H4O/c1-3-9-19-11(15)5-7-13(17)21-14(18)8-6-12(16)20-10-4-2;1-2-5-11-7(10)4-3-6(8)9;5-3-1-2-4(6)7-3;1-2-3-4/h1-2H,5-10H2;1H,3-5H2,(H,8,9);1-2H2;1,4H,3H2. The van der Waals surface area contributed by atoms with Crippen molar-refractivity contribution in [1.29, 1.82) is 0 Å². The minimum absolute atomic E-state index is 0.0988. The van der Waals surface area contributed by atoms with E-state index in [0.29, 0.717) is 0 Å². The van der Waals surface area contributed by atoms with Gasteiger partial charge in [-0.2, -0.15) is 0 Å². The fraction of sp³-hybridized carbons (Fsp3) is 0.429. The Kier molecular flexibility index (Phi) is 28.6. The topological polar surface area (TPSA) is 223 Å². The zero-order chi connectivity index (χ0) is 33.5. The molecule has 2 N–H and O–H groups in total. The monoisotopic (exact) mass is 606 g/mol. The van der Waals surface area contributed by atoms with Gasteiger partial charge in [0.1, 0.15) is 6.61 Å². The van der Waals surface area contributed by atoms with E-state index >= 15 is 0 Å². The number of aliphatic carboxylic acids is 1. The Morgan fingerprint density at radius 2 is 0.907 bits per heavy atom. The molecule has 0 atom stereocenters. The molecule has 0 saturated carbocycles. The second-order valence-corrected chi connectivity index (χ2v) is 7.04. The Bertz CT molecular complexity index is 1060. The lowest BCUT2D eigenvalue weighted by molar-refractivity contribution is -0.162. The highest BCUT2D eigenvalue weighted by molar-refractivity contribution is 5.92. The number of carbonyl (C=O) groups is 8. The second kappa shape index (κ2) is 29.3. The lowest BCUT2D eigenvalue weighted by Crippen LogP contribution is -2.16. The van der Waals surface area contributed by atoms with Gasteiger partial charge in [-0.05, 0) is 0 Å². The largest absolute Gasteiger partial charge is 0.481 e. The van der Waals surface area contributed by atoms with E-state index in [1.807, 2.05) is 5.92 Å². The van der Waals surface area contributed by atoms with Crippen LogP contribution in [-0.4, -0.2) is 84.4 Å². The molecule has 0 aromatic heterocycles. The first kappa shape index (κ1) is 41.8. The van der Waals surface area contributed by atoms with Crippen LogP contribution >= 0.6 is 0 Å². The first-order valence-corrected chi connectivity index (χ1v) is 11.9. The number of aliphatic hydroxyl groups excluding tert-OH is 1. The quantitative estimate of drug-likeness (QED) is 0.123. The first-order chi connectivity index (χ1) is 20.4. The van der Waals surface area contributed by atoms with Crippen molar-refractivity contribution in [2.24, 2.45) is 0 Å². The zero-order valence-electron chi connectivity index (χ0n) is 23.0. The molecule has 43 heavy (non-hydrogen) atoms. The van der Waals surface area contributed by atoms with E-state index in [1.165, 1.54) is 0 Å². The molecular weight excluding hydrogens is 576 g/mol. The molecule has 0 unspecified atom stereocenters. The maximum atomic E-state index is 11.2. The van der Waals surface area contributed by atoms with Gasteiger partial charge in [-0.25, -0.2) is 0 Å². The number of esters is 7. The summed E-state index contributed by atoms with van der Waals surface area (Å²) in [6, 6.07) is 0. The van der Waals surface area contributed by atoms with Crippen LogP contribution in [-0.2, 0) is 62.0 Å². The number of carboxylic acids is 1. The van der Waals surface area contributed by atoms with Crippen LogP contribution in [0, 0.1) is 49.4 Å². The van der Waals surface area contributed by atoms with Crippen LogP contribution in [0.1, 0.15) is 51.4 Å². The van der Waals surface area contributed by atoms with Crippen LogP contribution in [0.15, 0.2) is 0 Å². The summed E-state index contributed by atoms with van der Waals surface area (Å²) in [5.41, 5.74) is 0. The van der Waals surface area contributed by atoms with E-state index in [2.05, 4.69) is 47.9 Å². The molecule has 1 aliphatic heterocycles. The van der Waals surface area contributed by atoms with Crippen molar-refractivity contribution in [2.75, 3.05) is 26.4 Å². The van der Waals surface area contributed by atoms with Gasteiger partial charge in [0.15, 0.2) is 19.8 Å². The molecule has 0 radical (unpaired) electrons. The molecule has 0 aliphatic carbocycles. The number of rotatable bonds is 12. The maximum Gasteiger partial charge on any atom is 0.314 e. The third-order valence-corrected chi connectivity index (χ3v) is 3.64. The lowest BCUT2D eigenvalue weighted by atomic mass is 10.3. The molecule has 0 bridgehead atoms. The van der Waals surface area contributed by atoms with Gasteiger partial charge in [0.05, 0.1) is 51.4 Å². The average Bonchev–Trinajstić information content (AvgIpc) is 3.37. The van der Waals surface area contributed by atoms with Crippen LogP contribution in [0.4, 0.5) is 0 Å². The summed E-state index contributed by atoms with van der Waals surface area (Å²) in [5, 5.41) is 15.8. The predicted octanol–water partition coefficient (Wildman–Crippen LogP) is -0.541. The molecular formula is C28H30O15. The minimum Gasteiger partial charge on any atom is -0.481 e. The molecule has 1 heterocycles. The molecule has 1 saturated heterocycles. The van der Waals surface area contributed by atoms with Crippen molar-refractivity contribution in [3.63, 3.8) is 0 Å². The fourth-order valence-electron chi connectivity index (χ4n) is 1.86.